The number of aryl methyl sites for hydroxylation is 1. The van der Waals surface area contributed by atoms with Crippen molar-refractivity contribution < 1.29 is 14.7 Å². The van der Waals surface area contributed by atoms with E-state index < -0.39 is 11.9 Å². The van der Waals surface area contributed by atoms with E-state index in [9.17, 15) is 14.7 Å². The molecular weight excluding hydrogens is 290 g/mol. The molecule has 2 unspecified atom stereocenters. The largest absolute Gasteiger partial charge is 0.481 e. The van der Waals surface area contributed by atoms with Crippen molar-refractivity contribution in [3.05, 3.63) is 16.1 Å². The summed E-state index contributed by atoms with van der Waals surface area (Å²) in [6.45, 7) is 2.33. The second kappa shape index (κ2) is 7.40. The summed E-state index contributed by atoms with van der Waals surface area (Å²) in [6, 6.07) is -0.590. The van der Waals surface area contributed by atoms with Gasteiger partial charge >= 0.3 is 12.0 Å². The molecule has 3 N–H and O–H groups in total. The van der Waals surface area contributed by atoms with Gasteiger partial charge < -0.3 is 15.7 Å². The lowest BCUT2D eigenvalue weighted by Crippen LogP contribution is -2.46. The van der Waals surface area contributed by atoms with Crippen molar-refractivity contribution in [2.45, 2.75) is 51.6 Å². The van der Waals surface area contributed by atoms with Crippen molar-refractivity contribution >= 4 is 23.3 Å². The first kappa shape index (κ1) is 15.8. The average Bonchev–Trinajstić information content (AvgIpc) is 2.70. The van der Waals surface area contributed by atoms with Gasteiger partial charge in [0.1, 0.15) is 0 Å². The van der Waals surface area contributed by atoms with Crippen LogP contribution in [0.15, 0.2) is 6.20 Å². The molecule has 0 spiro atoms. The molecule has 1 heterocycles. The highest BCUT2D eigenvalue weighted by molar-refractivity contribution is 7.11. The monoisotopic (exact) mass is 311 g/mol. The van der Waals surface area contributed by atoms with E-state index in [0.717, 1.165) is 35.6 Å². The van der Waals surface area contributed by atoms with Gasteiger partial charge in [0, 0.05) is 17.1 Å². The van der Waals surface area contributed by atoms with Crippen LogP contribution in [0.25, 0.3) is 0 Å². The Morgan fingerprint density at radius 3 is 2.81 bits per heavy atom. The van der Waals surface area contributed by atoms with Crippen LogP contribution in [0.1, 0.15) is 42.0 Å². The van der Waals surface area contributed by atoms with Gasteiger partial charge in [0.05, 0.1) is 17.5 Å². The van der Waals surface area contributed by atoms with Crippen LogP contribution in [0.4, 0.5) is 4.79 Å². The zero-order chi connectivity index (χ0) is 15.2. The number of aliphatic carboxylic acids is 1. The van der Waals surface area contributed by atoms with Gasteiger partial charge in [0.15, 0.2) is 0 Å². The van der Waals surface area contributed by atoms with E-state index in [2.05, 4.69) is 15.6 Å². The van der Waals surface area contributed by atoms with Crippen LogP contribution < -0.4 is 10.6 Å². The smallest absolute Gasteiger partial charge is 0.315 e. The highest BCUT2D eigenvalue weighted by Gasteiger charge is 2.30. The Balaban J connectivity index is 1.85. The molecule has 21 heavy (non-hydrogen) atoms. The van der Waals surface area contributed by atoms with Gasteiger partial charge in [-0.1, -0.05) is 19.3 Å². The fourth-order valence-corrected chi connectivity index (χ4v) is 3.38. The molecule has 0 aromatic carbocycles. The average molecular weight is 311 g/mol. The van der Waals surface area contributed by atoms with Gasteiger partial charge in [0.2, 0.25) is 0 Å². The summed E-state index contributed by atoms with van der Waals surface area (Å²) in [6.07, 6.45) is 6.01. The van der Waals surface area contributed by atoms with E-state index in [0.29, 0.717) is 13.0 Å². The van der Waals surface area contributed by atoms with Gasteiger partial charge in [-0.2, -0.15) is 0 Å². The van der Waals surface area contributed by atoms with Crippen molar-refractivity contribution in [1.82, 2.24) is 15.6 Å². The lowest BCUT2D eigenvalue weighted by atomic mass is 9.95. The number of aromatic nitrogens is 1. The number of rotatable bonds is 4. The Morgan fingerprint density at radius 2 is 2.14 bits per heavy atom. The number of urea groups is 1. The van der Waals surface area contributed by atoms with E-state index in [1.54, 1.807) is 6.20 Å². The first-order valence-corrected chi connectivity index (χ1v) is 8.06. The normalized spacial score (nSPS) is 22.3. The van der Waals surface area contributed by atoms with Gasteiger partial charge in [-0.05, 0) is 19.8 Å². The lowest BCUT2D eigenvalue weighted by Gasteiger charge is -2.22. The maximum Gasteiger partial charge on any atom is 0.315 e. The van der Waals surface area contributed by atoms with Crippen LogP contribution in [-0.4, -0.2) is 28.1 Å². The fraction of sp³-hybridized carbons (Fsp3) is 0.643. The summed E-state index contributed by atoms with van der Waals surface area (Å²) in [5.74, 6) is -1.30. The van der Waals surface area contributed by atoms with Crippen molar-refractivity contribution in [3.8, 4) is 0 Å². The number of nitrogens with zero attached hydrogens (tertiary/aromatic N) is 1. The van der Waals surface area contributed by atoms with Crippen LogP contribution in [0.5, 0.6) is 0 Å². The van der Waals surface area contributed by atoms with Gasteiger partial charge in [0.25, 0.3) is 0 Å². The van der Waals surface area contributed by atoms with Crippen molar-refractivity contribution in [2.24, 2.45) is 5.92 Å². The van der Waals surface area contributed by atoms with Crippen LogP contribution in [-0.2, 0) is 11.3 Å². The predicted octanol–water partition coefficient (Wildman–Crippen LogP) is 2.28. The molecule has 7 heteroatoms. The molecule has 0 saturated heterocycles. The third-order valence-electron chi connectivity index (χ3n) is 3.74. The minimum absolute atomic E-state index is 0.284. The Bertz CT molecular complexity index is 503. The van der Waals surface area contributed by atoms with Crippen LogP contribution >= 0.6 is 11.3 Å². The zero-order valence-electron chi connectivity index (χ0n) is 12.1. The molecule has 2 rings (SSSR count). The van der Waals surface area contributed by atoms with Gasteiger partial charge in [-0.3, -0.25) is 4.79 Å². The summed E-state index contributed by atoms with van der Waals surface area (Å²) < 4.78 is 0. The Labute approximate surface area is 128 Å². The minimum Gasteiger partial charge on any atom is -0.481 e. The number of nitrogens with one attached hydrogen (secondary N) is 2. The number of thiazole rings is 1. The van der Waals surface area contributed by atoms with E-state index in [-0.39, 0.29) is 12.1 Å². The van der Waals surface area contributed by atoms with Crippen LogP contribution in [0.3, 0.4) is 0 Å². The van der Waals surface area contributed by atoms with E-state index in [1.165, 1.54) is 11.3 Å². The molecular formula is C14H21N3O3S. The Kier molecular flexibility index (Phi) is 5.55. The molecule has 0 radical (unpaired) electrons. The number of carboxylic acid groups (broad SMARTS) is 1. The summed E-state index contributed by atoms with van der Waals surface area (Å²) in [4.78, 5) is 28.4. The third kappa shape index (κ3) is 4.70. The van der Waals surface area contributed by atoms with Crippen molar-refractivity contribution in [2.75, 3.05) is 0 Å². The summed E-state index contributed by atoms with van der Waals surface area (Å²) in [5.41, 5.74) is 0. The van der Waals surface area contributed by atoms with Crippen molar-refractivity contribution in [3.63, 3.8) is 0 Å². The summed E-state index contributed by atoms with van der Waals surface area (Å²) >= 11 is 1.54. The number of amides is 2. The molecule has 2 atom stereocenters. The van der Waals surface area contributed by atoms with Gasteiger partial charge in [-0.15, -0.1) is 11.3 Å². The molecule has 1 aliphatic carbocycles. The first-order valence-electron chi connectivity index (χ1n) is 7.24. The first-order chi connectivity index (χ1) is 10.1. The number of hydrogen-bond donors (Lipinski definition) is 3. The van der Waals surface area contributed by atoms with Gasteiger partial charge in [-0.25, -0.2) is 9.78 Å². The lowest BCUT2D eigenvalue weighted by molar-refractivity contribution is -0.142. The van der Waals surface area contributed by atoms with E-state index in [1.807, 2.05) is 6.92 Å². The zero-order valence-corrected chi connectivity index (χ0v) is 12.9. The van der Waals surface area contributed by atoms with Crippen LogP contribution in [0, 0.1) is 12.8 Å². The maximum absolute atomic E-state index is 11.9. The minimum atomic E-state index is -0.819. The molecule has 1 aliphatic rings. The molecule has 1 aromatic rings. The van der Waals surface area contributed by atoms with E-state index in [4.69, 9.17) is 0 Å². The SMILES string of the molecule is Cc1ncc(CNC(=O)NC2CCCCCC2C(=O)O)s1. The summed E-state index contributed by atoms with van der Waals surface area (Å²) in [7, 11) is 0. The molecule has 0 aliphatic heterocycles. The molecule has 116 valence electrons. The highest BCUT2D eigenvalue weighted by Crippen LogP contribution is 2.23. The molecule has 2 amide bonds. The van der Waals surface area contributed by atoms with Crippen LogP contribution in [0.2, 0.25) is 0 Å². The standard InChI is InChI=1S/C14H21N3O3S/c1-9-15-7-10(21-9)8-16-14(20)17-12-6-4-2-3-5-11(12)13(18)19/h7,11-12H,2-6,8H2,1H3,(H,18,19)(H2,16,17,20). The Morgan fingerprint density at radius 1 is 1.38 bits per heavy atom. The molecule has 6 nitrogen and oxygen atoms in total. The van der Waals surface area contributed by atoms with Crippen molar-refractivity contribution in [1.29, 1.82) is 0 Å². The summed E-state index contributed by atoms with van der Waals surface area (Å²) in [5, 5.41) is 15.8. The Hall–Kier alpha value is -1.63. The molecule has 0 bridgehead atoms. The molecule has 1 aromatic heterocycles. The fourth-order valence-electron chi connectivity index (χ4n) is 2.65. The number of carboxylic acids is 1. The van der Waals surface area contributed by atoms with E-state index >= 15 is 0 Å². The second-order valence-electron chi connectivity index (χ2n) is 5.36. The molecule has 1 fully saturated rings. The third-order valence-corrected chi connectivity index (χ3v) is 4.65. The second-order valence-corrected chi connectivity index (χ2v) is 6.68. The topological polar surface area (TPSA) is 91.3 Å². The number of carbonyl (C=O) groups is 2. The maximum atomic E-state index is 11.9. The molecule has 1 saturated carbocycles. The quantitative estimate of drug-likeness (QED) is 0.744. The number of hydrogen-bond acceptors (Lipinski definition) is 4. The predicted molar refractivity (Wildman–Crippen MR) is 80.2 cm³/mol. The highest BCUT2D eigenvalue weighted by atomic mass is 32.1. The number of carbonyl (C=O) groups excluding carboxylic acids is 1.